The fourth-order valence-electron chi connectivity index (χ4n) is 3.54. The Morgan fingerprint density at radius 2 is 1.10 bits per heavy atom. The lowest BCUT2D eigenvalue weighted by molar-refractivity contribution is -0.194. The van der Waals surface area contributed by atoms with E-state index in [1.807, 2.05) is 91.0 Å². The van der Waals surface area contributed by atoms with E-state index in [0.717, 1.165) is 28.8 Å². The maximum absolute atomic E-state index is 12.6. The number of rotatable bonds is 7. The molecule has 0 aliphatic carbocycles. The molecule has 154 valence electrons. The topological polar surface area (TPSA) is 63.7 Å². The Morgan fingerprint density at radius 1 is 0.710 bits per heavy atom. The predicted molar refractivity (Wildman–Crippen MR) is 119 cm³/mol. The first-order valence-corrected chi connectivity index (χ1v) is 10.7. The Balaban J connectivity index is 1.71. The number of hydrogen-bond acceptors (Lipinski definition) is 5. The molecule has 0 atom stereocenters. The van der Waals surface area contributed by atoms with Crippen molar-refractivity contribution in [3.8, 4) is 0 Å². The summed E-state index contributed by atoms with van der Waals surface area (Å²) in [6.45, 7) is 0. The van der Waals surface area contributed by atoms with Gasteiger partial charge >= 0.3 is 5.97 Å². The van der Waals surface area contributed by atoms with Crippen LogP contribution in [0.3, 0.4) is 0 Å². The van der Waals surface area contributed by atoms with Crippen molar-refractivity contribution in [2.24, 2.45) is 0 Å². The quantitative estimate of drug-likeness (QED) is 0.418. The Bertz CT molecular complexity index is 999. The van der Waals surface area contributed by atoms with Crippen molar-refractivity contribution in [1.82, 2.24) is 5.06 Å². The number of thioether (sulfide) groups is 1. The van der Waals surface area contributed by atoms with Crippen LogP contribution in [-0.4, -0.2) is 28.6 Å². The third-order valence-electron chi connectivity index (χ3n) is 4.91. The third kappa shape index (κ3) is 4.15. The van der Waals surface area contributed by atoms with Crippen molar-refractivity contribution >= 4 is 29.5 Å². The van der Waals surface area contributed by atoms with E-state index in [4.69, 9.17) is 4.84 Å². The van der Waals surface area contributed by atoms with E-state index < -0.39 is 22.5 Å². The molecule has 0 spiro atoms. The van der Waals surface area contributed by atoms with Gasteiger partial charge < -0.3 is 4.84 Å². The van der Waals surface area contributed by atoms with Gasteiger partial charge in [-0.3, -0.25) is 9.59 Å². The second-order valence-corrected chi connectivity index (χ2v) is 8.03. The smallest absolute Gasteiger partial charge is 0.329 e. The number of imide groups is 1. The molecule has 1 aliphatic heterocycles. The lowest BCUT2D eigenvalue weighted by atomic mass is 9.84. The third-order valence-corrected chi connectivity index (χ3v) is 6.43. The molecule has 4 rings (SSSR count). The van der Waals surface area contributed by atoms with E-state index in [-0.39, 0.29) is 5.75 Å². The molecule has 0 saturated heterocycles. The van der Waals surface area contributed by atoms with Gasteiger partial charge in [-0.05, 0) is 16.7 Å². The Hall–Kier alpha value is -3.64. The van der Waals surface area contributed by atoms with E-state index in [1.165, 1.54) is 11.8 Å². The molecular weight excluding hydrogens is 410 g/mol. The van der Waals surface area contributed by atoms with Crippen LogP contribution in [0.5, 0.6) is 0 Å². The fraction of sp³-hybridized carbons (Fsp3) is 0.0800. The SMILES string of the molecule is O=C(CSC(c1ccccc1)(c1ccccc1)c1ccccc1)ON1C(=O)C=CC1=O. The molecular formula is C25H19NO4S. The lowest BCUT2D eigenvalue weighted by Gasteiger charge is -2.35. The molecule has 6 heteroatoms. The van der Waals surface area contributed by atoms with Gasteiger partial charge in [-0.2, -0.15) is 0 Å². The molecule has 3 aromatic carbocycles. The molecule has 31 heavy (non-hydrogen) atoms. The van der Waals surface area contributed by atoms with Gasteiger partial charge in [0.05, 0.1) is 10.5 Å². The van der Waals surface area contributed by atoms with Crippen molar-refractivity contribution < 1.29 is 19.2 Å². The van der Waals surface area contributed by atoms with Crippen molar-refractivity contribution in [2.45, 2.75) is 4.75 Å². The minimum absolute atomic E-state index is 0.0737. The number of carbonyl (C=O) groups excluding carboxylic acids is 3. The van der Waals surface area contributed by atoms with E-state index in [2.05, 4.69) is 0 Å². The molecule has 3 aromatic rings. The van der Waals surface area contributed by atoms with Crippen molar-refractivity contribution in [2.75, 3.05) is 5.75 Å². The molecule has 1 aliphatic rings. The minimum Gasteiger partial charge on any atom is -0.329 e. The number of nitrogens with zero attached hydrogens (tertiary/aromatic N) is 1. The van der Waals surface area contributed by atoms with Gasteiger partial charge in [0.2, 0.25) is 0 Å². The molecule has 0 fully saturated rings. The van der Waals surface area contributed by atoms with E-state index >= 15 is 0 Å². The van der Waals surface area contributed by atoms with Crippen LogP contribution in [0.1, 0.15) is 16.7 Å². The first kappa shape index (κ1) is 20.6. The van der Waals surface area contributed by atoms with Gasteiger partial charge in [0.1, 0.15) is 0 Å². The zero-order valence-corrected chi connectivity index (χ0v) is 17.3. The van der Waals surface area contributed by atoms with E-state index in [1.54, 1.807) is 0 Å². The maximum atomic E-state index is 12.6. The number of amides is 2. The normalized spacial score (nSPS) is 13.5. The minimum atomic E-state index is -0.694. The summed E-state index contributed by atoms with van der Waals surface area (Å²) in [5.74, 6) is -2.08. The summed E-state index contributed by atoms with van der Waals surface area (Å²) in [6, 6.07) is 29.7. The van der Waals surface area contributed by atoms with Gasteiger partial charge in [0.15, 0.2) is 0 Å². The summed E-state index contributed by atoms with van der Waals surface area (Å²) in [7, 11) is 0. The van der Waals surface area contributed by atoms with Crippen LogP contribution in [0.4, 0.5) is 0 Å². The second kappa shape index (κ2) is 9.02. The van der Waals surface area contributed by atoms with Crippen LogP contribution in [0.15, 0.2) is 103 Å². The monoisotopic (exact) mass is 429 g/mol. The van der Waals surface area contributed by atoms with Crippen LogP contribution in [-0.2, 0) is 24.0 Å². The number of hydrogen-bond donors (Lipinski definition) is 0. The summed E-state index contributed by atoms with van der Waals surface area (Å²) >= 11 is 1.38. The molecule has 0 saturated carbocycles. The number of carbonyl (C=O) groups is 3. The van der Waals surface area contributed by atoms with E-state index in [0.29, 0.717) is 5.06 Å². The lowest BCUT2D eigenvalue weighted by Crippen LogP contribution is -2.34. The Kier molecular flexibility index (Phi) is 6.00. The largest absolute Gasteiger partial charge is 0.343 e. The predicted octanol–water partition coefficient (Wildman–Crippen LogP) is 4.09. The molecule has 0 bridgehead atoms. The molecule has 0 unspecified atom stereocenters. The summed E-state index contributed by atoms with van der Waals surface area (Å²) in [4.78, 5) is 41.1. The highest BCUT2D eigenvalue weighted by Crippen LogP contribution is 2.48. The van der Waals surface area contributed by atoms with Gasteiger partial charge in [0.25, 0.3) is 11.8 Å². The van der Waals surface area contributed by atoms with Gasteiger partial charge in [-0.15, -0.1) is 11.8 Å². The average molecular weight is 429 g/mol. The zero-order chi connectivity index (χ0) is 21.7. The summed E-state index contributed by atoms with van der Waals surface area (Å²) < 4.78 is -0.694. The summed E-state index contributed by atoms with van der Waals surface area (Å²) in [6.07, 6.45) is 2.15. The van der Waals surface area contributed by atoms with Gasteiger partial charge in [-0.25, -0.2) is 4.79 Å². The Morgan fingerprint density at radius 3 is 1.48 bits per heavy atom. The number of hydroxylamine groups is 2. The van der Waals surface area contributed by atoms with Crippen LogP contribution in [0.2, 0.25) is 0 Å². The standard InChI is InChI=1S/C25H19NO4S/c27-22-16-17-23(28)26(22)30-24(29)18-31-25(19-10-4-1-5-11-19,20-12-6-2-7-13-20)21-14-8-3-9-15-21/h1-17H,18H2. The second-order valence-electron chi connectivity index (χ2n) is 6.84. The van der Waals surface area contributed by atoms with Crippen molar-refractivity contribution in [3.05, 3.63) is 120 Å². The molecule has 0 N–H and O–H groups in total. The Labute approximate surface area is 184 Å². The maximum Gasteiger partial charge on any atom is 0.343 e. The first-order valence-electron chi connectivity index (χ1n) is 9.69. The molecule has 2 amide bonds. The fourth-order valence-corrected chi connectivity index (χ4v) is 4.84. The van der Waals surface area contributed by atoms with Crippen LogP contribution < -0.4 is 0 Å². The van der Waals surface area contributed by atoms with Crippen LogP contribution >= 0.6 is 11.8 Å². The van der Waals surface area contributed by atoms with Crippen LogP contribution in [0.25, 0.3) is 0 Å². The zero-order valence-electron chi connectivity index (χ0n) is 16.5. The molecule has 5 nitrogen and oxygen atoms in total. The summed E-state index contributed by atoms with van der Waals surface area (Å²) in [5, 5.41) is 0.484. The highest BCUT2D eigenvalue weighted by atomic mass is 32.2. The van der Waals surface area contributed by atoms with Crippen LogP contribution in [0, 0.1) is 0 Å². The summed E-state index contributed by atoms with van der Waals surface area (Å²) in [5.41, 5.74) is 3.00. The van der Waals surface area contributed by atoms with Crippen molar-refractivity contribution in [1.29, 1.82) is 0 Å². The van der Waals surface area contributed by atoms with Gasteiger partial charge in [-0.1, -0.05) is 96.1 Å². The van der Waals surface area contributed by atoms with Gasteiger partial charge in [0, 0.05) is 12.2 Å². The molecule has 0 aromatic heterocycles. The first-order chi connectivity index (χ1) is 15.1. The van der Waals surface area contributed by atoms with Crippen molar-refractivity contribution in [3.63, 3.8) is 0 Å². The highest BCUT2D eigenvalue weighted by molar-refractivity contribution is 8.01. The number of benzene rings is 3. The molecule has 1 heterocycles. The average Bonchev–Trinajstić information content (AvgIpc) is 3.14. The molecule has 0 radical (unpaired) electrons. The highest BCUT2D eigenvalue weighted by Gasteiger charge is 2.38. The van der Waals surface area contributed by atoms with E-state index in [9.17, 15) is 14.4 Å².